The summed E-state index contributed by atoms with van der Waals surface area (Å²) in [6.07, 6.45) is 1.79. The first-order chi connectivity index (χ1) is 20.9. The summed E-state index contributed by atoms with van der Waals surface area (Å²) >= 11 is 5.92. The third-order valence-corrected chi connectivity index (χ3v) is 7.85. The number of phenols is 1. The molecule has 2 aromatic heterocycles. The zero-order chi connectivity index (χ0) is 29.9. The quantitative estimate of drug-likeness (QED) is 0.181. The van der Waals surface area contributed by atoms with E-state index in [0.29, 0.717) is 16.5 Å². The molecule has 0 unspecified atom stereocenters. The molecule has 2 atom stereocenters. The van der Waals surface area contributed by atoms with Crippen molar-refractivity contribution in [3.8, 4) is 17.2 Å². The maximum Gasteiger partial charge on any atom is 0.262 e. The fourth-order valence-corrected chi connectivity index (χ4v) is 5.95. The van der Waals surface area contributed by atoms with Gasteiger partial charge >= 0.3 is 0 Å². The number of aromatic nitrogens is 2. The number of nitrogens with one attached hydrogen (secondary N) is 2. The predicted molar refractivity (Wildman–Crippen MR) is 172 cm³/mol. The van der Waals surface area contributed by atoms with Crippen LogP contribution in [0.5, 0.6) is 11.5 Å². The molecule has 3 aromatic carbocycles. The number of thiocarbonyl (C=S) groups is 1. The minimum atomic E-state index is -0.246. The number of carbonyl (C=O) groups excluding carboxylic acids is 1. The van der Waals surface area contributed by atoms with Gasteiger partial charge in [0.2, 0.25) is 0 Å². The normalized spacial score (nSPS) is 16.1. The molecule has 0 aliphatic carbocycles. The number of ether oxygens (including phenoxy) is 1. The van der Waals surface area contributed by atoms with Gasteiger partial charge < -0.3 is 29.9 Å². The van der Waals surface area contributed by atoms with Crippen molar-refractivity contribution in [3.63, 3.8) is 0 Å². The number of hydrogen-bond acceptors (Lipinski definition) is 5. The van der Waals surface area contributed by atoms with Crippen molar-refractivity contribution in [1.29, 1.82) is 0 Å². The number of rotatable bonds is 8. The van der Waals surface area contributed by atoms with Crippen LogP contribution in [0, 0.1) is 13.8 Å². The molecule has 1 fully saturated rings. The van der Waals surface area contributed by atoms with Crippen LogP contribution in [-0.4, -0.2) is 32.3 Å². The Kier molecular flexibility index (Phi) is 7.81. The lowest BCUT2D eigenvalue weighted by atomic mass is 9.96. The lowest BCUT2D eigenvalue weighted by Gasteiger charge is -2.28. The van der Waals surface area contributed by atoms with Crippen LogP contribution in [0.15, 0.2) is 109 Å². The highest BCUT2D eigenvalue weighted by molar-refractivity contribution is 7.80. The molecule has 9 heteroatoms. The van der Waals surface area contributed by atoms with E-state index in [1.807, 2.05) is 84.9 Å². The molecular formula is C34H31N5O3S. The number of nitrogens with zero attached hydrogens (tertiary/aromatic N) is 3. The van der Waals surface area contributed by atoms with Crippen LogP contribution in [0.1, 0.15) is 34.7 Å². The van der Waals surface area contributed by atoms with E-state index >= 15 is 0 Å². The topological polar surface area (TPSA) is 91.7 Å². The molecule has 0 saturated carbocycles. The van der Waals surface area contributed by atoms with Crippen LogP contribution in [0.4, 0.5) is 11.4 Å². The SMILES string of the molecule is Cc1cc([C@H]2[C@H](c3ccccn3)NC(=S)N2c2ccc(NC(=O)COc3ccccc3)cc2)c(C)n1-c1ccc(O)cc1. The maximum absolute atomic E-state index is 12.5. The number of aryl methyl sites for hydroxylation is 1. The smallest absolute Gasteiger partial charge is 0.262 e. The Hall–Kier alpha value is -5.15. The van der Waals surface area contributed by atoms with Crippen LogP contribution in [0.2, 0.25) is 0 Å². The number of benzene rings is 3. The van der Waals surface area contributed by atoms with Gasteiger partial charge in [0.1, 0.15) is 11.5 Å². The molecule has 1 aliphatic rings. The minimum absolute atomic E-state index is 0.0869. The first kappa shape index (κ1) is 28.0. The second-order valence-electron chi connectivity index (χ2n) is 10.4. The molecule has 3 N–H and O–H groups in total. The van der Waals surface area contributed by atoms with Crippen LogP contribution < -0.4 is 20.3 Å². The summed E-state index contributed by atoms with van der Waals surface area (Å²) in [5, 5.41) is 16.8. The predicted octanol–water partition coefficient (Wildman–Crippen LogP) is 6.39. The molecular weight excluding hydrogens is 558 g/mol. The van der Waals surface area contributed by atoms with Crippen molar-refractivity contribution in [3.05, 3.63) is 132 Å². The monoisotopic (exact) mass is 589 g/mol. The number of para-hydroxylation sites is 1. The number of phenolic OH excluding ortho intramolecular Hbond substituents is 1. The van der Waals surface area contributed by atoms with Crippen LogP contribution in [0.3, 0.4) is 0 Å². The largest absolute Gasteiger partial charge is 0.508 e. The second kappa shape index (κ2) is 12.0. The summed E-state index contributed by atoms with van der Waals surface area (Å²) in [7, 11) is 0. The fraction of sp³-hybridized carbons (Fsp3) is 0.147. The van der Waals surface area contributed by atoms with Crippen LogP contribution in [0.25, 0.3) is 5.69 Å². The van der Waals surface area contributed by atoms with E-state index in [-0.39, 0.29) is 30.3 Å². The lowest BCUT2D eigenvalue weighted by Crippen LogP contribution is -2.29. The molecule has 0 spiro atoms. The molecule has 1 aliphatic heterocycles. The van der Waals surface area contributed by atoms with Gasteiger partial charge in [-0.25, -0.2) is 0 Å². The van der Waals surface area contributed by atoms with Gasteiger partial charge in [0.25, 0.3) is 5.91 Å². The summed E-state index contributed by atoms with van der Waals surface area (Å²) < 4.78 is 7.75. The third kappa shape index (κ3) is 5.80. The number of amides is 1. The Labute approximate surface area is 255 Å². The van der Waals surface area contributed by atoms with Crippen molar-refractivity contribution < 1.29 is 14.6 Å². The molecule has 1 amide bonds. The molecule has 0 bridgehead atoms. The maximum atomic E-state index is 12.5. The molecule has 6 rings (SSSR count). The molecule has 1 saturated heterocycles. The molecule has 216 valence electrons. The standard InChI is InChI=1S/C34H31N5O3S/c1-22-20-29(23(2)38(22)25-15-17-27(40)18-16-25)33-32(30-10-6-7-19-35-30)37-34(43)39(33)26-13-11-24(12-14-26)36-31(41)21-42-28-8-4-3-5-9-28/h3-20,32-33,40H,21H2,1-2H3,(H,36,41)(H,37,43)/t32-,33-/m0/s1. The Morgan fingerprint density at radius 2 is 1.65 bits per heavy atom. The first-order valence-corrected chi connectivity index (χ1v) is 14.4. The number of pyridine rings is 1. The number of carbonyl (C=O) groups is 1. The second-order valence-corrected chi connectivity index (χ2v) is 10.8. The zero-order valence-electron chi connectivity index (χ0n) is 23.8. The van der Waals surface area contributed by atoms with E-state index in [9.17, 15) is 9.90 Å². The minimum Gasteiger partial charge on any atom is -0.508 e. The summed E-state index contributed by atoms with van der Waals surface area (Å²) in [6.45, 7) is 4.08. The highest BCUT2D eigenvalue weighted by Gasteiger charge is 2.42. The van der Waals surface area contributed by atoms with Crippen LogP contribution in [-0.2, 0) is 4.79 Å². The van der Waals surface area contributed by atoms with Gasteiger partial charge in [-0.3, -0.25) is 9.78 Å². The van der Waals surface area contributed by atoms with Gasteiger partial charge in [0, 0.05) is 34.6 Å². The molecule has 8 nitrogen and oxygen atoms in total. The van der Waals surface area contributed by atoms with E-state index in [0.717, 1.165) is 34.0 Å². The van der Waals surface area contributed by atoms with E-state index in [4.69, 9.17) is 17.0 Å². The molecule has 3 heterocycles. The zero-order valence-corrected chi connectivity index (χ0v) is 24.6. The summed E-state index contributed by atoms with van der Waals surface area (Å²) in [5.74, 6) is 0.618. The van der Waals surface area contributed by atoms with Gasteiger partial charge in [0.15, 0.2) is 11.7 Å². The number of hydrogen-bond donors (Lipinski definition) is 3. The van der Waals surface area contributed by atoms with Gasteiger partial charge in [-0.05, 0) is 110 Å². The lowest BCUT2D eigenvalue weighted by molar-refractivity contribution is -0.118. The molecule has 43 heavy (non-hydrogen) atoms. The number of anilines is 2. The van der Waals surface area contributed by atoms with Crippen molar-refractivity contribution in [1.82, 2.24) is 14.9 Å². The average Bonchev–Trinajstić information content (AvgIpc) is 3.52. The molecule has 5 aromatic rings. The van der Waals surface area contributed by atoms with E-state index in [2.05, 4.69) is 45.0 Å². The molecule has 0 radical (unpaired) electrons. The van der Waals surface area contributed by atoms with Crippen LogP contribution >= 0.6 is 12.2 Å². The summed E-state index contributed by atoms with van der Waals surface area (Å²) in [4.78, 5) is 19.3. The fourth-order valence-electron chi connectivity index (χ4n) is 5.60. The summed E-state index contributed by atoms with van der Waals surface area (Å²) in [5.41, 5.74) is 6.61. The van der Waals surface area contributed by atoms with Crippen molar-refractivity contribution in [2.45, 2.75) is 25.9 Å². The first-order valence-electron chi connectivity index (χ1n) is 14.0. The average molecular weight is 590 g/mol. The Morgan fingerprint density at radius 1 is 0.953 bits per heavy atom. The number of aromatic hydroxyl groups is 1. The Bertz CT molecular complexity index is 1740. The Balaban J connectivity index is 1.30. The van der Waals surface area contributed by atoms with Crippen molar-refractivity contribution in [2.24, 2.45) is 0 Å². The summed E-state index contributed by atoms with van der Waals surface area (Å²) in [6, 6.07) is 31.7. The highest BCUT2D eigenvalue weighted by Crippen LogP contribution is 2.44. The van der Waals surface area contributed by atoms with Crippen molar-refractivity contribution in [2.75, 3.05) is 16.8 Å². The third-order valence-electron chi connectivity index (χ3n) is 7.54. The van der Waals surface area contributed by atoms with Gasteiger partial charge in [0.05, 0.1) is 17.8 Å². The van der Waals surface area contributed by atoms with E-state index < -0.39 is 0 Å². The van der Waals surface area contributed by atoms with Crippen molar-refractivity contribution >= 4 is 34.6 Å². The highest BCUT2D eigenvalue weighted by atomic mass is 32.1. The van der Waals surface area contributed by atoms with E-state index in [1.165, 1.54) is 0 Å². The van der Waals surface area contributed by atoms with Gasteiger partial charge in [-0.2, -0.15) is 0 Å². The Morgan fingerprint density at radius 3 is 2.35 bits per heavy atom. The van der Waals surface area contributed by atoms with Gasteiger partial charge in [-0.1, -0.05) is 24.3 Å². The van der Waals surface area contributed by atoms with Gasteiger partial charge in [-0.15, -0.1) is 0 Å². The van der Waals surface area contributed by atoms with E-state index in [1.54, 1.807) is 18.3 Å².